The molecule has 0 heterocycles. The van der Waals surface area contributed by atoms with Crippen LogP contribution in [0.15, 0.2) is 53.4 Å². The Labute approximate surface area is 148 Å². The smallest absolute Gasteiger partial charge is 0.417 e. The molecule has 0 radical (unpaired) electrons. The van der Waals surface area contributed by atoms with Crippen LogP contribution in [0.5, 0.6) is 0 Å². The minimum absolute atomic E-state index is 0.0387. The van der Waals surface area contributed by atoms with E-state index in [1.54, 1.807) is 12.1 Å². The zero-order chi connectivity index (χ0) is 19.4. The first kappa shape index (κ1) is 19.9. The number of benzene rings is 2. The molecular formula is C17H16F3NO4S. The maximum absolute atomic E-state index is 12.9. The molecule has 0 aliphatic carbocycles. The summed E-state index contributed by atoms with van der Waals surface area (Å²) in [5.41, 5.74) is -0.840. The summed E-state index contributed by atoms with van der Waals surface area (Å²) in [6.45, 7) is 1.13. The summed E-state index contributed by atoms with van der Waals surface area (Å²) in [4.78, 5) is 11.9. The Hall–Kier alpha value is -2.39. The maximum Gasteiger partial charge on any atom is 0.417 e. The van der Waals surface area contributed by atoms with Crippen molar-refractivity contribution >= 4 is 16.0 Å². The molecule has 0 aromatic heterocycles. The SMILES string of the molecule is Cc1ccc(S(=O)(=O)NCCOC(=O)c2ccccc2C(F)(F)F)cc1. The molecule has 9 heteroatoms. The number of hydrogen-bond acceptors (Lipinski definition) is 4. The molecule has 0 fully saturated rings. The average Bonchev–Trinajstić information content (AvgIpc) is 2.58. The third-order valence-electron chi connectivity index (χ3n) is 3.41. The number of halogens is 3. The first-order valence-electron chi connectivity index (χ1n) is 7.51. The van der Waals surface area contributed by atoms with Gasteiger partial charge in [-0.3, -0.25) is 0 Å². The molecule has 0 saturated heterocycles. The van der Waals surface area contributed by atoms with E-state index < -0.39 is 39.9 Å². The number of alkyl halides is 3. The highest BCUT2D eigenvalue weighted by molar-refractivity contribution is 7.89. The quantitative estimate of drug-likeness (QED) is 0.611. The number of aryl methyl sites for hydroxylation is 1. The third-order valence-corrected chi connectivity index (χ3v) is 4.89. The normalized spacial score (nSPS) is 12.0. The second-order valence-electron chi connectivity index (χ2n) is 5.39. The molecule has 2 rings (SSSR count). The van der Waals surface area contributed by atoms with Gasteiger partial charge in [0.15, 0.2) is 0 Å². The first-order chi connectivity index (χ1) is 12.1. The van der Waals surface area contributed by atoms with E-state index in [9.17, 15) is 26.4 Å². The molecule has 0 unspecified atom stereocenters. The Morgan fingerprint density at radius 2 is 1.69 bits per heavy atom. The lowest BCUT2D eigenvalue weighted by Gasteiger charge is -2.12. The van der Waals surface area contributed by atoms with Crippen LogP contribution in [-0.4, -0.2) is 27.5 Å². The Morgan fingerprint density at radius 1 is 1.08 bits per heavy atom. The topological polar surface area (TPSA) is 72.5 Å². The van der Waals surface area contributed by atoms with Crippen molar-refractivity contribution in [3.8, 4) is 0 Å². The van der Waals surface area contributed by atoms with Gasteiger partial charge in [-0.25, -0.2) is 17.9 Å². The van der Waals surface area contributed by atoms with E-state index in [1.165, 1.54) is 18.2 Å². The van der Waals surface area contributed by atoms with Crippen LogP contribution in [0.4, 0.5) is 13.2 Å². The van der Waals surface area contributed by atoms with Crippen LogP contribution in [0.2, 0.25) is 0 Å². The molecule has 5 nitrogen and oxygen atoms in total. The minimum Gasteiger partial charge on any atom is -0.461 e. The van der Waals surface area contributed by atoms with Gasteiger partial charge in [0.25, 0.3) is 0 Å². The van der Waals surface area contributed by atoms with Gasteiger partial charge < -0.3 is 4.74 Å². The Balaban J connectivity index is 1.94. The molecule has 0 saturated carbocycles. The van der Waals surface area contributed by atoms with Gasteiger partial charge in [0.05, 0.1) is 16.0 Å². The number of hydrogen-bond donors (Lipinski definition) is 1. The highest BCUT2D eigenvalue weighted by atomic mass is 32.2. The molecule has 0 aliphatic heterocycles. The Kier molecular flexibility index (Phi) is 6.04. The van der Waals surface area contributed by atoms with Gasteiger partial charge in [0.2, 0.25) is 10.0 Å². The van der Waals surface area contributed by atoms with Crippen molar-refractivity contribution in [1.82, 2.24) is 4.72 Å². The Bertz CT molecular complexity index is 878. The average molecular weight is 387 g/mol. The summed E-state index contributed by atoms with van der Waals surface area (Å²) in [6.07, 6.45) is -4.69. The van der Waals surface area contributed by atoms with E-state index in [0.29, 0.717) is 0 Å². The van der Waals surface area contributed by atoms with Crippen molar-refractivity contribution in [3.63, 3.8) is 0 Å². The van der Waals surface area contributed by atoms with Crippen LogP contribution >= 0.6 is 0 Å². The zero-order valence-corrected chi connectivity index (χ0v) is 14.5. The number of esters is 1. The maximum atomic E-state index is 12.9. The second kappa shape index (κ2) is 7.88. The van der Waals surface area contributed by atoms with Gasteiger partial charge in [0, 0.05) is 6.54 Å². The van der Waals surface area contributed by atoms with Crippen LogP contribution in [-0.2, 0) is 20.9 Å². The summed E-state index contributed by atoms with van der Waals surface area (Å²) < 4.78 is 69.7. The Morgan fingerprint density at radius 3 is 2.31 bits per heavy atom. The fraction of sp³-hybridized carbons (Fsp3) is 0.235. The molecule has 0 spiro atoms. The molecule has 2 aromatic rings. The third kappa shape index (κ3) is 5.06. The van der Waals surface area contributed by atoms with Crippen LogP contribution < -0.4 is 4.72 Å². The molecule has 1 N–H and O–H groups in total. The van der Waals surface area contributed by atoms with E-state index in [4.69, 9.17) is 4.74 Å². The van der Waals surface area contributed by atoms with Crippen molar-refractivity contribution in [1.29, 1.82) is 0 Å². The molecule has 0 aliphatic rings. The van der Waals surface area contributed by atoms with Crippen molar-refractivity contribution in [2.24, 2.45) is 0 Å². The predicted molar refractivity (Wildman–Crippen MR) is 88.1 cm³/mol. The molecule has 26 heavy (non-hydrogen) atoms. The summed E-state index contributed by atoms with van der Waals surface area (Å²) in [6, 6.07) is 10.3. The summed E-state index contributed by atoms with van der Waals surface area (Å²) in [5.74, 6) is -1.17. The lowest BCUT2D eigenvalue weighted by molar-refractivity contribution is -0.138. The molecular weight excluding hydrogens is 371 g/mol. The largest absolute Gasteiger partial charge is 0.461 e. The lowest BCUT2D eigenvalue weighted by atomic mass is 10.1. The van der Waals surface area contributed by atoms with Crippen molar-refractivity contribution < 1.29 is 31.1 Å². The number of carbonyl (C=O) groups excluding carboxylic acids is 1. The standard InChI is InChI=1S/C17H16F3NO4S/c1-12-6-8-13(9-7-12)26(23,24)21-10-11-25-16(22)14-4-2-3-5-15(14)17(18,19)20/h2-9,21H,10-11H2,1H3. The van der Waals surface area contributed by atoms with Gasteiger partial charge in [-0.1, -0.05) is 29.8 Å². The van der Waals surface area contributed by atoms with E-state index in [1.807, 2.05) is 6.92 Å². The summed E-state index contributed by atoms with van der Waals surface area (Å²) in [5, 5.41) is 0. The van der Waals surface area contributed by atoms with E-state index in [2.05, 4.69) is 4.72 Å². The number of nitrogens with one attached hydrogen (secondary N) is 1. The van der Waals surface area contributed by atoms with Crippen molar-refractivity contribution in [2.75, 3.05) is 13.2 Å². The molecule has 0 amide bonds. The van der Waals surface area contributed by atoms with Gasteiger partial charge >= 0.3 is 12.1 Å². The molecule has 0 atom stereocenters. The fourth-order valence-corrected chi connectivity index (χ4v) is 3.12. The fourth-order valence-electron chi connectivity index (χ4n) is 2.11. The minimum atomic E-state index is -4.69. The number of rotatable bonds is 6. The van der Waals surface area contributed by atoms with Gasteiger partial charge in [-0.05, 0) is 31.2 Å². The van der Waals surface area contributed by atoms with Gasteiger partial charge in [-0.15, -0.1) is 0 Å². The molecule has 0 bridgehead atoms. The van der Waals surface area contributed by atoms with E-state index in [-0.39, 0.29) is 11.4 Å². The molecule has 140 valence electrons. The van der Waals surface area contributed by atoms with Crippen LogP contribution in [0.3, 0.4) is 0 Å². The van der Waals surface area contributed by atoms with Crippen molar-refractivity contribution in [2.45, 2.75) is 18.0 Å². The zero-order valence-electron chi connectivity index (χ0n) is 13.7. The van der Waals surface area contributed by atoms with Crippen LogP contribution in [0.25, 0.3) is 0 Å². The molecule has 2 aromatic carbocycles. The van der Waals surface area contributed by atoms with Gasteiger partial charge in [0.1, 0.15) is 6.61 Å². The predicted octanol–water partition coefficient (Wildman–Crippen LogP) is 3.15. The second-order valence-corrected chi connectivity index (χ2v) is 7.16. The van der Waals surface area contributed by atoms with E-state index >= 15 is 0 Å². The number of sulfonamides is 1. The van der Waals surface area contributed by atoms with Crippen molar-refractivity contribution in [3.05, 3.63) is 65.2 Å². The lowest BCUT2D eigenvalue weighted by Crippen LogP contribution is -2.28. The van der Waals surface area contributed by atoms with Gasteiger partial charge in [-0.2, -0.15) is 13.2 Å². The first-order valence-corrected chi connectivity index (χ1v) is 8.99. The number of ether oxygens (including phenoxy) is 1. The van der Waals surface area contributed by atoms with E-state index in [0.717, 1.165) is 23.8 Å². The summed E-state index contributed by atoms with van der Waals surface area (Å²) >= 11 is 0. The summed E-state index contributed by atoms with van der Waals surface area (Å²) in [7, 11) is -3.79. The number of carbonyl (C=O) groups is 1. The van der Waals surface area contributed by atoms with Crippen LogP contribution in [0, 0.1) is 6.92 Å². The van der Waals surface area contributed by atoms with Crippen LogP contribution in [0.1, 0.15) is 21.5 Å². The monoisotopic (exact) mass is 387 g/mol. The highest BCUT2D eigenvalue weighted by Crippen LogP contribution is 2.32. The highest BCUT2D eigenvalue weighted by Gasteiger charge is 2.35.